The SMILES string of the molecule is CCCNc1cc(NCC(C)OC)nc(C(F)(F)F)n1. The van der Waals surface area contributed by atoms with Crippen LogP contribution in [-0.4, -0.2) is 36.3 Å². The third-order valence-corrected chi connectivity index (χ3v) is 2.51. The van der Waals surface area contributed by atoms with E-state index in [4.69, 9.17) is 4.74 Å². The van der Waals surface area contributed by atoms with Gasteiger partial charge in [-0.05, 0) is 13.3 Å². The Morgan fingerprint density at radius 2 is 1.85 bits per heavy atom. The molecule has 114 valence electrons. The van der Waals surface area contributed by atoms with Gasteiger partial charge in [-0.3, -0.25) is 0 Å². The fourth-order valence-corrected chi connectivity index (χ4v) is 1.34. The number of rotatable bonds is 7. The topological polar surface area (TPSA) is 59.1 Å². The van der Waals surface area contributed by atoms with Crippen LogP contribution >= 0.6 is 0 Å². The Hall–Kier alpha value is -1.57. The van der Waals surface area contributed by atoms with E-state index in [1.807, 2.05) is 6.92 Å². The number of anilines is 2. The van der Waals surface area contributed by atoms with E-state index in [0.717, 1.165) is 6.42 Å². The minimum atomic E-state index is -4.58. The fourth-order valence-electron chi connectivity index (χ4n) is 1.34. The average Bonchev–Trinajstić information content (AvgIpc) is 2.41. The summed E-state index contributed by atoms with van der Waals surface area (Å²) < 4.78 is 43.2. The number of ether oxygens (including phenoxy) is 1. The van der Waals surface area contributed by atoms with Gasteiger partial charge in [0.15, 0.2) is 0 Å². The van der Waals surface area contributed by atoms with Crippen molar-refractivity contribution in [2.45, 2.75) is 32.5 Å². The summed E-state index contributed by atoms with van der Waals surface area (Å²) in [6.45, 7) is 4.62. The average molecular weight is 292 g/mol. The predicted molar refractivity (Wildman–Crippen MR) is 70.8 cm³/mol. The molecule has 0 aromatic carbocycles. The second-order valence-corrected chi connectivity index (χ2v) is 4.31. The van der Waals surface area contributed by atoms with Crippen LogP contribution in [0.15, 0.2) is 6.07 Å². The van der Waals surface area contributed by atoms with Crippen molar-refractivity contribution >= 4 is 11.6 Å². The highest BCUT2D eigenvalue weighted by Gasteiger charge is 2.35. The normalized spacial score (nSPS) is 13.1. The molecule has 20 heavy (non-hydrogen) atoms. The first-order valence-electron chi connectivity index (χ1n) is 6.33. The molecule has 1 heterocycles. The number of hydrogen-bond acceptors (Lipinski definition) is 5. The van der Waals surface area contributed by atoms with Crippen molar-refractivity contribution in [3.63, 3.8) is 0 Å². The van der Waals surface area contributed by atoms with Gasteiger partial charge < -0.3 is 15.4 Å². The van der Waals surface area contributed by atoms with Crippen LogP contribution in [0.1, 0.15) is 26.1 Å². The zero-order valence-corrected chi connectivity index (χ0v) is 11.7. The lowest BCUT2D eigenvalue weighted by molar-refractivity contribution is -0.144. The highest BCUT2D eigenvalue weighted by Crippen LogP contribution is 2.28. The van der Waals surface area contributed by atoms with Crippen molar-refractivity contribution in [2.75, 3.05) is 30.8 Å². The lowest BCUT2D eigenvalue weighted by atomic mass is 10.4. The van der Waals surface area contributed by atoms with Crippen molar-refractivity contribution < 1.29 is 17.9 Å². The van der Waals surface area contributed by atoms with Crippen LogP contribution in [0.5, 0.6) is 0 Å². The summed E-state index contributed by atoms with van der Waals surface area (Å²) in [7, 11) is 1.53. The number of hydrogen-bond donors (Lipinski definition) is 2. The van der Waals surface area contributed by atoms with E-state index < -0.39 is 12.0 Å². The molecule has 8 heteroatoms. The van der Waals surface area contributed by atoms with Crippen LogP contribution in [0, 0.1) is 0 Å². The Kier molecular flexibility index (Phi) is 6.00. The number of methoxy groups -OCH3 is 1. The van der Waals surface area contributed by atoms with Gasteiger partial charge in [-0.25, -0.2) is 9.97 Å². The molecule has 1 aromatic rings. The highest BCUT2D eigenvalue weighted by molar-refractivity contribution is 5.47. The number of nitrogens with one attached hydrogen (secondary N) is 2. The molecule has 0 aliphatic heterocycles. The molecule has 0 aliphatic carbocycles. The fraction of sp³-hybridized carbons (Fsp3) is 0.667. The third kappa shape index (κ3) is 5.20. The van der Waals surface area contributed by atoms with Crippen molar-refractivity contribution in [1.82, 2.24) is 9.97 Å². The van der Waals surface area contributed by atoms with Gasteiger partial charge in [-0.15, -0.1) is 0 Å². The van der Waals surface area contributed by atoms with Crippen molar-refractivity contribution in [3.05, 3.63) is 11.9 Å². The van der Waals surface area contributed by atoms with E-state index in [1.165, 1.54) is 13.2 Å². The van der Waals surface area contributed by atoms with Gasteiger partial charge >= 0.3 is 6.18 Å². The van der Waals surface area contributed by atoms with Crippen molar-refractivity contribution in [3.8, 4) is 0 Å². The summed E-state index contributed by atoms with van der Waals surface area (Å²) in [5.74, 6) is -0.886. The molecular weight excluding hydrogens is 273 g/mol. The summed E-state index contributed by atoms with van der Waals surface area (Å²) >= 11 is 0. The summed E-state index contributed by atoms with van der Waals surface area (Å²) in [6.07, 6.45) is -3.92. The van der Waals surface area contributed by atoms with Crippen LogP contribution in [0.3, 0.4) is 0 Å². The minimum absolute atomic E-state index is 0.120. The Morgan fingerprint density at radius 1 is 1.25 bits per heavy atom. The van der Waals surface area contributed by atoms with E-state index >= 15 is 0 Å². The molecule has 5 nitrogen and oxygen atoms in total. The van der Waals surface area contributed by atoms with Gasteiger partial charge in [0.1, 0.15) is 11.6 Å². The number of alkyl halides is 3. The smallest absolute Gasteiger partial charge is 0.380 e. The second kappa shape index (κ2) is 7.28. The molecule has 0 aliphatic rings. The Morgan fingerprint density at radius 3 is 2.35 bits per heavy atom. The highest BCUT2D eigenvalue weighted by atomic mass is 19.4. The van der Waals surface area contributed by atoms with Crippen LogP contribution in [0.4, 0.5) is 24.8 Å². The maximum atomic E-state index is 12.7. The van der Waals surface area contributed by atoms with Gasteiger partial charge in [0.25, 0.3) is 0 Å². The van der Waals surface area contributed by atoms with Crippen LogP contribution in [-0.2, 0) is 10.9 Å². The molecule has 1 aromatic heterocycles. The van der Waals surface area contributed by atoms with Gasteiger partial charge in [0.2, 0.25) is 5.82 Å². The third-order valence-electron chi connectivity index (χ3n) is 2.51. The monoisotopic (exact) mass is 292 g/mol. The summed E-state index contributed by atoms with van der Waals surface area (Å²) in [5.41, 5.74) is 0. The maximum Gasteiger partial charge on any atom is 0.451 e. The number of nitrogens with zero attached hydrogens (tertiary/aromatic N) is 2. The summed E-state index contributed by atoms with van der Waals surface area (Å²) in [6, 6.07) is 1.45. The lowest BCUT2D eigenvalue weighted by Crippen LogP contribution is -2.20. The van der Waals surface area contributed by atoms with E-state index in [0.29, 0.717) is 13.1 Å². The van der Waals surface area contributed by atoms with Crippen molar-refractivity contribution in [1.29, 1.82) is 0 Å². The molecule has 0 fully saturated rings. The predicted octanol–water partition coefficient (Wildman–Crippen LogP) is 2.76. The molecule has 2 N–H and O–H groups in total. The first kappa shape index (κ1) is 16.5. The Labute approximate surface area is 116 Å². The quantitative estimate of drug-likeness (QED) is 0.809. The van der Waals surface area contributed by atoms with Crippen LogP contribution < -0.4 is 10.6 Å². The van der Waals surface area contributed by atoms with Gasteiger partial charge in [-0.1, -0.05) is 6.92 Å². The number of halogens is 3. The molecule has 0 spiro atoms. The first-order chi connectivity index (χ1) is 9.36. The molecule has 1 unspecified atom stereocenters. The number of aromatic nitrogens is 2. The second-order valence-electron chi connectivity index (χ2n) is 4.31. The molecular formula is C12H19F3N4O. The lowest BCUT2D eigenvalue weighted by Gasteiger charge is -2.14. The van der Waals surface area contributed by atoms with E-state index in [-0.39, 0.29) is 17.7 Å². The van der Waals surface area contributed by atoms with E-state index in [1.54, 1.807) is 6.92 Å². The summed E-state index contributed by atoms with van der Waals surface area (Å²) in [5, 5.41) is 5.64. The van der Waals surface area contributed by atoms with E-state index in [9.17, 15) is 13.2 Å². The molecule has 1 atom stereocenters. The zero-order valence-electron chi connectivity index (χ0n) is 11.7. The molecule has 0 bridgehead atoms. The minimum Gasteiger partial charge on any atom is -0.380 e. The molecule has 1 rings (SSSR count). The molecule has 0 amide bonds. The van der Waals surface area contributed by atoms with Gasteiger partial charge in [-0.2, -0.15) is 13.2 Å². The Bertz CT molecular complexity index is 426. The first-order valence-corrected chi connectivity index (χ1v) is 6.33. The molecule has 0 saturated heterocycles. The van der Waals surface area contributed by atoms with E-state index in [2.05, 4.69) is 20.6 Å². The van der Waals surface area contributed by atoms with Crippen LogP contribution in [0.2, 0.25) is 0 Å². The Balaban J connectivity index is 2.91. The molecule has 0 radical (unpaired) electrons. The van der Waals surface area contributed by atoms with Crippen molar-refractivity contribution in [2.24, 2.45) is 0 Å². The van der Waals surface area contributed by atoms with Gasteiger partial charge in [0, 0.05) is 26.3 Å². The molecule has 0 saturated carbocycles. The van der Waals surface area contributed by atoms with Crippen LogP contribution in [0.25, 0.3) is 0 Å². The summed E-state index contributed by atoms with van der Waals surface area (Å²) in [4.78, 5) is 6.95. The van der Waals surface area contributed by atoms with Gasteiger partial charge in [0.05, 0.1) is 6.10 Å². The maximum absolute atomic E-state index is 12.7. The zero-order chi connectivity index (χ0) is 15.2. The largest absolute Gasteiger partial charge is 0.451 e. The standard InChI is InChI=1S/C12H19F3N4O/c1-4-5-16-9-6-10(17-7-8(2)20-3)19-11(18-9)12(13,14)15/h6,8H,4-5,7H2,1-3H3,(H2,16,17,18,19).